The molecule has 2 aromatic rings. The van der Waals surface area contributed by atoms with Crippen molar-refractivity contribution >= 4 is 11.6 Å². The van der Waals surface area contributed by atoms with E-state index in [2.05, 4.69) is 9.97 Å². The molecule has 0 saturated carbocycles. The van der Waals surface area contributed by atoms with E-state index in [1.165, 1.54) is 0 Å². The van der Waals surface area contributed by atoms with Gasteiger partial charge in [-0.1, -0.05) is 11.6 Å². The van der Waals surface area contributed by atoms with E-state index >= 15 is 0 Å². The standard InChI is InChI=1S/C11H11ClN2O2/c1-7-8(2)16-10(14-7)6-15-9-4-3-5-13-11(9)12/h3-5H,6H2,1-2H3. The van der Waals surface area contributed by atoms with E-state index in [0.717, 1.165) is 11.5 Å². The molecule has 0 aromatic carbocycles. The van der Waals surface area contributed by atoms with Gasteiger partial charge in [0.15, 0.2) is 17.5 Å². The fraction of sp³-hybridized carbons (Fsp3) is 0.273. The number of aromatic nitrogens is 2. The number of oxazole rings is 1. The summed E-state index contributed by atoms with van der Waals surface area (Å²) in [4.78, 5) is 8.10. The summed E-state index contributed by atoms with van der Waals surface area (Å²) in [6.45, 7) is 4.00. The summed E-state index contributed by atoms with van der Waals surface area (Å²) in [6, 6.07) is 3.51. The fourth-order valence-electron chi connectivity index (χ4n) is 1.22. The number of hydrogen-bond donors (Lipinski definition) is 0. The van der Waals surface area contributed by atoms with Crippen LogP contribution in [-0.4, -0.2) is 9.97 Å². The van der Waals surface area contributed by atoms with Crippen LogP contribution in [0.25, 0.3) is 0 Å². The van der Waals surface area contributed by atoms with E-state index in [0.29, 0.717) is 16.8 Å². The maximum absolute atomic E-state index is 5.84. The minimum atomic E-state index is 0.250. The van der Waals surface area contributed by atoms with Crippen LogP contribution in [0, 0.1) is 13.8 Å². The van der Waals surface area contributed by atoms with E-state index in [1.54, 1.807) is 18.3 Å². The van der Waals surface area contributed by atoms with Gasteiger partial charge in [0.1, 0.15) is 5.76 Å². The molecule has 0 radical (unpaired) electrons. The Labute approximate surface area is 98.2 Å². The van der Waals surface area contributed by atoms with Gasteiger partial charge in [-0.25, -0.2) is 9.97 Å². The number of nitrogens with zero attached hydrogens (tertiary/aromatic N) is 2. The maximum atomic E-state index is 5.84. The van der Waals surface area contributed by atoms with Crippen molar-refractivity contribution in [3.8, 4) is 5.75 Å². The highest BCUT2D eigenvalue weighted by Gasteiger charge is 2.07. The van der Waals surface area contributed by atoms with Crippen molar-refractivity contribution in [1.82, 2.24) is 9.97 Å². The highest BCUT2D eigenvalue weighted by molar-refractivity contribution is 6.30. The summed E-state index contributed by atoms with van der Waals surface area (Å²) < 4.78 is 10.8. The van der Waals surface area contributed by atoms with Gasteiger partial charge in [0.2, 0.25) is 5.89 Å². The first-order valence-electron chi connectivity index (χ1n) is 4.83. The summed E-state index contributed by atoms with van der Waals surface area (Å²) in [5.41, 5.74) is 0.871. The molecule has 0 atom stereocenters. The molecule has 2 heterocycles. The number of aryl methyl sites for hydroxylation is 2. The Morgan fingerprint density at radius 3 is 2.88 bits per heavy atom. The minimum absolute atomic E-state index is 0.250. The third-order valence-corrected chi connectivity index (χ3v) is 2.43. The number of hydrogen-bond acceptors (Lipinski definition) is 4. The second-order valence-electron chi connectivity index (χ2n) is 3.33. The first-order chi connectivity index (χ1) is 7.66. The van der Waals surface area contributed by atoms with Crippen molar-refractivity contribution in [3.05, 3.63) is 40.8 Å². The topological polar surface area (TPSA) is 48.2 Å². The molecule has 16 heavy (non-hydrogen) atoms. The maximum Gasteiger partial charge on any atom is 0.232 e. The van der Waals surface area contributed by atoms with Crippen molar-refractivity contribution in [1.29, 1.82) is 0 Å². The summed E-state index contributed by atoms with van der Waals surface area (Å²) in [6.07, 6.45) is 1.61. The van der Waals surface area contributed by atoms with Gasteiger partial charge in [0.25, 0.3) is 0 Å². The third-order valence-electron chi connectivity index (χ3n) is 2.15. The first-order valence-corrected chi connectivity index (χ1v) is 5.21. The Kier molecular flexibility index (Phi) is 3.10. The summed E-state index contributed by atoms with van der Waals surface area (Å²) in [7, 11) is 0. The monoisotopic (exact) mass is 238 g/mol. The van der Waals surface area contributed by atoms with E-state index in [1.807, 2.05) is 13.8 Å². The predicted octanol–water partition coefficient (Wildman–Crippen LogP) is 2.92. The lowest BCUT2D eigenvalue weighted by atomic mass is 10.4. The molecule has 0 spiro atoms. The molecule has 0 aliphatic heterocycles. The van der Waals surface area contributed by atoms with Crippen LogP contribution in [0.5, 0.6) is 5.75 Å². The predicted molar refractivity (Wildman–Crippen MR) is 59.6 cm³/mol. The largest absolute Gasteiger partial charge is 0.481 e. The number of ether oxygens (including phenoxy) is 1. The van der Waals surface area contributed by atoms with Crippen LogP contribution in [0.2, 0.25) is 5.15 Å². The van der Waals surface area contributed by atoms with Crippen molar-refractivity contribution in [2.75, 3.05) is 0 Å². The van der Waals surface area contributed by atoms with Gasteiger partial charge in [-0.2, -0.15) is 0 Å². The summed E-state index contributed by atoms with van der Waals surface area (Å²) >= 11 is 5.84. The molecule has 2 aromatic heterocycles. The third kappa shape index (κ3) is 2.33. The second kappa shape index (κ2) is 4.53. The molecular weight excluding hydrogens is 228 g/mol. The molecule has 84 valence electrons. The van der Waals surface area contributed by atoms with Gasteiger partial charge in [-0.3, -0.25) is 0 Å². The molecule has 0 aliphatic rings. The Bertz CT molecular complexity index is 477. The highest BCUT2D eigenvalue weighted by atomic mass is 35.5. The van der Waals surface area contributed by atoms with Crippen LogP contribution in [0.4, 0.5) is 0 Å². The summed E-state index contributed by atoms with van der Waals surface area (Å²) in [5.74, 6) is 1.86. The molecule has 0 N–H and O–H groups in total. The molecule has 0 amide bonds. The average molecular weight is 239 g/mol. The van der Waals surface area contributed by atoms with E-state index < -0.39 is 0 Å². The van der Waals surface area contributed by atoms with E-state index in [9.17, 15) is 0 Å². The molecule has 2 rings (SSSR count). The first kappa shape index (κ1) is 11.0. The lowest BCUT2D eigenvalue weighted by Gasteiger charge is -2.03. The molecule has 0 saturated heterocycles. The van der Waals surface area contributed by atoms with Crippen LogP contribution in [-0.2, 0) is 6.61 Å². The van der Waals surface area contributed by atoms with Crippen molar-refractivity contribution < 1.29 is 9.15 Å². The van der Waals surface area contributed by atoms with Crippen LogP contribution in [0.1, 0.15) is 17.3 Å². The smallest absolute Gasteiger partial charge is 0.232 e. The number of pyridine rings is 1. The van der Waals surface area contributed by atoms with Crippen molar-refractivity contribution in [2.45, 2.75) is 20.5 Å². The van der Waals surface area contributed by atoms with Gasteiger partial charge < -0.3 is 9.15 Å². The number of rotatable bonds is 3. The van der Waals surface area contributed by atoms with E-state index in [-0.39, 0.29) is 6.61 Å². The molecule has 0 fully saturated rings. The Hall–Kier alpha value is -1.55. The lowest BCUT2D eigenvalue weighted by molar-refractivity contribution is 0.260. The normalized spacial score (nSPS) is 10.4. The zero-order valence-corrected chi connectivity index (χ0v) is 9.78. The minimum Gasteiger partial charge on any atom is -0.481 e. The van der Waals surface area contributed by atoms with Crippen LogP contribution in [0.15, 0.2) is 22.7 Å². The van der Waals surface area contributed by atoms with Gasteiger partial charge in [-0.15, -0.1) is 0 Å². The zero-order valence-electron chi connectivity index (χ0n) is 9.03. The molecule has 5 heteroatoms. The van der Waals surface area contributed by atoms with Crippen LogP contribution in [0.3, 0.4) is 0 Å². The second-order valence-corrected chi connectivity index (χ2v) is 3.69. The Morgan fingerprint density at radius 2 is 2.25 bits per heavy atom. The zero-order chi connectivity index (χ0) is 11.5. The quantitative estimate of drug-likeness (QED) is 0.772. The molecular formula is C11H11ClN2O2. The summed E-state index contributed by atoms with van der Waals surface area (Å²) in [5, 5.41) is 0.336. The average Bonchev–Trinajstić information content (AvgIpc) is 2.57. The van der Waals surface area contributed by atoms with Crippen LogP contribution >= 0.6 is 11.6 Å². The Balaban J connectivity index is 2.05. The van der Waals surface area contributed by atoms with Gasteiger partial charge in [0.05, 0.1) is 5.69 Å². The van der Waals surface area contributed by atoms with Gasteiger partial charge in [0, 0.05) is 6.20 Å². The van der Waals surface area contributed by atoms with Gasteiger partial charge >= 0.3 is 0 Å². The van der Waals surface area contributed by atoms with Crippen molar-refractivity contribution in [3.63, 3.8) is 0 Å². The molecule has 0 bridgehead atoms. The Morgan fingerprint density at radius 1 is 1.44 bits per heavy atom. The molecule has 0 unspecified atom stereocenters. The fourth-order valence-corrected chi connectivity index (χ4v) is 1.39. The molecule has 0 aliphatic carbocycles. The SMILES string of the molecule is Cc1nc(COc2cccnc2Cl)oc1C. The molecule has 4 nitrogen and oxygen atoms in total. The lowest BCUT2D eigenvalue weighted by Crippen LogP contribution is -1.96. The van der Waals surface area contributed by atoms with Gasteiger partial charge in [-0.05, 0) is 26.0 Å². The number of halogens is 1. The van der Waals surface area contributed by atoms with Crippen molar-refractivity contribution in [2.24, 2.45) is 0 Å². The highest BCUT2D eigenvalue weighted by Crippen LogP contribution is 2.21. The van der Waals surface area contributed by atoms with Crippen LogP contribution < -0.4 is 4.74 Å². The van der Waals surface area contributed by atoms with E-state index in [4.69, 9.17) is 20.8 Å².